The van der Waals surface area contributed by atoms with Gasteiger partial charge in [-0.25, -0.2) is 4.68 Å². The lowest BCUT2D eigenvalue weighted by Gasteiger charge is -2.38. The second-order valence-corrected chi connectivity index (χ2v) is 6.18. The molecule has 2 aliphatic carbocycles. The van der Waals surface area contributed by atoms with Crippen molar-refractivity contribution in [1.82, 2.24) is 25.1 Å². The van der Waals surface area contributed by atoms with Crippen molar-refractivity contribution in [2.75, 3.05) is 13.1 Å². The summed E-state index contributed by atoms with van der Waals surface area (Å²) in [5, 5.41) is 12.3. The molecule has 6 heteroatoms. The maximum atomic E-state index is 5.98. The lowest BCUT2D eigenvalue weighted by Crippen LogP contribution is -2.45. The normalized spacial score (nSPS) is 27.1. The Morgan fingerprint density at radius 2 is 2.05 bits per heavy atom. The van der Waals surface area contributed by atoms with Crippen molar-refractivity contribution in [3.63, 3.8) is 0 Å². The van der Waals surface area contributed by atoms with Crippen molar-refractivity contribution in [3.8, 4) is 0 Å². The van der Waals surface area contributed by atoms with Crippen LogP contribution in [0.15, 0.2) is 0 Å². The number of hydrogen-bond acceptors (Lipinski definition) is 5. The molecule has 0 radical (unpaired) electrons. The van der Waals surface area contributed by atoms with E-state index >= 15 is 0 Å². The van der Waals surface area contributed by atoms with Gasteiger partial charge in [-0.15, -0.1) is 5.10 Å². The fourth-order valence-electron chi connectivity index (χ4n) is 3.51. The Balaban J connectivity index is 1.70. The van der Waals surface area contributed by atoms with Crippen LogP contribution < -0.4 is 5.73 Å². The molecule has 2 aliphatic rings. The van der Waals surface area contributed by atoms with Crippen LogP contribution in [-0.2, 0) is 6.54 Å². The molecule has 6 nitrogen and oxygen atoms in total. The van der Waals surface area contributed by atoms with Gasteiger partial charge in [0.15, 0.2) is 5.82 Å². The molecule has 2 N–H and O–H groups in total. The average Bonchev–Trinajstić information content (AvgIpc) is 3.24. The third-order valence-corrected chi connectivity index (χ3v) is 4.85. The molecule has 0 amide bonds. The summed E-state index contributed by atoms with van der Waals surface area (Å²) < 4.78 is 2.03. The lowest BCUT2D eigenvalue weighted by atomic mass is 9.83. The molecule has 2 fully saturated rings. The van der Waals surface area contributed by atoms with Gasteiger partial charge in [-0.1, -0.05) is 19.8 Å². The first-order chi connectivity index (χ1) is 9.83. The molecular weight excluding hydrogens is 252 g/mol. The Bertz CT molecular complexity index is 427. The summed E-state index contributed by atoms with van der Waals surface area (Å²) in [5.41, 5.74) is 5.98. The zero-order chi connectivity index (χ0) is 13.9. The summed E-state index contributed by atoms with van der Waals surface area (Å²) in [4.78, 5) is 2.53. The monoisotopic (exact) mass is 278 g/mol. The summed E-state index contributed by atoms with van der Waals surface area (Å²) in [6, 6.07) is 1.15. The van der Waals surface area contributed by atoms with Crippen LogP contribution in [0.1, 0.15) is 57.3 Å². The average molecular weight is 278 g/mol. The lowest BCUT2D eigenvalue weighted by molar-refractivity contribution is 0.101. The Kier molecular flexibility index (Phi) is 4.31. The molecule has 0 spiro atoms. The summed E-state index contributed by atoms with van der Waals surface area (Å²) in [7, 11) is 0. The van der Waals surface area contributed by atoms with E-state index in [4.69, 9.17) is 5.73 Å². The quantitative estimate of drug-likeness (QED) is 0.850. The van der Waals surface area contributed by atoms with Crippen molar-refractivity contribution in [1.29, 1.82) is 0 Å². The number of aromatic nitrogens is 4. The van der Waals surface area contributed by atoms with Gasteiger partial charge in [0.05, 0.1) is 12.6 Å². The van der Waals surface area contributed by atoms with Crippen LogP contribution in [0.25, 0.3) is 0 Å². The fraction of sp³-hybridized carbons (Fsp3) is 0.929. The maximum absolute atomic E-state index is 5.98. The molecule has 2 saturated carbocycles. The molecule has 0 saturated heterocycles. The van der Waals surface area contributed by atoms with Gasteiger partial charge in [0.25, 0.3) is 0 Å². The molecule has 1 aromatic rings. The Morgan fingerprint density at radius 3 is 2.75 bits per heavy atom. The van der Waals surface area contributed by atoms with Crippen molar-refractivity contribution >= 4 is 0 Å². The molecule has 3 rings (SSSR count). The molecule has 0 aliphatic heterocycles. The van der Waals surface area contributed by atoms with E-state index in [1.807, 2.05) is 4.68 Å². The van der Waals surface area contributed by atoms with Crippen molar-refractivity contribution in [3.05, 3.63) is 5.82 Å². The molecule has 2 atom stereocenters. The van der Waals surface area contributed by atoms with Crippen LogP contribution >= 0.6 is 0 Å². The molecule has 20 heavy (non-hydrogen) atoms. The van der Waals surface area contributed by atoms with E-state index in [-0.39, 0.29) is 0 Å². The molecule has 1 heterocycles. The van der Waals surface area contributed by atoms with E-state index in [0.29, 0.717) is 18.0 Å². The first-order valence-electron chi connectivity index (χ1n) is 8.04. The number of nitrogens with two attached hydrogens (primary N) is 1. The summed E-state index contributed by atoms with van der Waals surface area (Å²) >= 11 is 0. The predicted molar refractivity (Wildman–Crippen MR) is 77.0 cm³/mol. The van der Waals surface area contributed by atoms with E-state index < -0.39 is 0 Å². The molecule has 0 bridgehead atoms. The van der Waals surface area contributed by atoms with Gasteiger partial charge < -0.3 is 5.73 Å². The van der Waals surface area contributed by atoms with Crippen LogP contribution in [0, 0.1) is 5.92 Å². The zero-order valence-corrected chi connectivity index (χ0v) is 12.4. The maximum Gasteiger partial charge on any atom is 0.165 e. The van der Waals surface area contributed by atoms with Gasteiger partial charge in [0, 0.05) is 6.04 Å². The highest BCUT2D eigenvalue weighted by atomic mass is 15.6. The minimum absolute atomic E-state index is 0.551. The first kappa shape index (κ1) is 13.9. The second kappa shape index (κ2) is 6.18. The molecule has 1 aromatic heterocycles. The van der Waals surface area contributed by atoms with Gasteiger partial charge in [0.2, 0.25) is 0 Å². The zero-order valence-electron chi connectivity index (χ0n) is 12.4. The van der Waals surface area contributed by atoms with Crippen LogP contribution in [0.3, 0.4) is 0 Å². The third kappa shape index (κ3) is 2.86. The van der Waals surface area contributed by atoms with Gasteiger partial charge in [0.1, 0.15) is 0 Å². The first-order valence-corrected chi connectivity index (χ1v) is 8.04. The van der Waals surface area contributed by atoms with Crippen molar-refractivity contribution in [2.24, 2.45) is 11.7 Å². The summed E-state index contributed by atoms with van der Waals surface area (Å²) in [5.74, 6) is 1.66. The highest BCUT2D eigenvalue weighted by Crippen LogP contribution is 2.35. The van der Waals surface area contributed by atoms with Gasteiger partial charge in [-0.3, -0.25) is 4.90 Å². The highest BCUT2D eigenvalue weighted by molar-refractivity contribution is 4.92. The minimum atomic E-state index is 0.551. The molecule has 2 unspecified atom stereocenters. The second-order valence-electron chi connectivity index (χ2n) is 6.18. The standard InChI is InChI=1S/C14H26N6/c1-2-19(13-6-4-3-5-11(13)9-15)10-14-16-17-18-20(14)12-7-8-12/h11-13H,2-10,15H2,1H3. The van der Waals surface area contributed by atoms with E-state index in [0.717, 1.165) is 25.5 Å². The third-order valence-electron chi connectivity index (χ3n) is 4.85. The van der Waals surface area contributed by atoms with Crippen LogP contribution in [0.5, 0.6) is 0 Å². The minimum Gasteiger partial charge on any atom is -0.330 e. The highest BCUT2D eigenvalue weighted by Gasteiger charge is 2.32. The molecular formula is C14H26N6. The largest absolute Gasteiger partial charge is 0.330 e. The fourth-order valence-corrected chi connectivity index (χ4v) is 3.51. The van der Waals surface area contributed by atoms with Crippen molar-refractivity contribution < 1.29 is 0 Å². The summed E-state index contributed by atoms with van der Waals surface area (Å²) in [6.45, 7) is 4.93. The van der Waals surface area contributed by atoms with Crippen LogP contribution in [0.2, 0.25) is 0 Å². The van der Waals surface area contributed by atoms with Gasteiger partial charge in [-0.05, 0) is 55.1 Å². The Labute approximate surface area is 120 Å². The Hall–Kier alpha value is -1.01. The summed E-state index contributed by atoms with van der Waals surface area (Å²) in [6.07, 6.45) is 7.63. The van der Waals surface area contributed by atoms with Gasteiger partial charge >= 0.3 is 0 Å². The van der Waals surface area contributed by atoms with Gasteiger partial charge in [-0.2, -0.15) is 0 Å². The smallest absolute Gasteiger partial charge is 0.165 e. The van der Waals surface area contributed by atoms with E-state index in [9.17, 15) is 0 Å². The molecule has 0 aromatic carbocycles. The van der Waals surface area contributed by atoms with Crippen LogP contribution in [-0.4, -0.2) is 44.2 Å². The molecule has 112 valence electrons. The number of rotatable bonds is 6. The Morgan fingerprint density at radius 1 is 1.25 bits per heavy atom. The van der Waals surface area contributed by atoms with E-state index in [2.05, 4.69) is 27.3 Å². The van der Waals surface area contributed by atoms with E-state index in [1.165, 1.54) is 38.5 Å². The SMILES string of the molecule is CCN(Cc1nnnn1C1CC1)C1CCCCC1CN. The van der Waals surface area contributed by atoms with E-state index in [1.54, 1.807) is 0 Å². The number of hydrogen-bond donors (Lipinski definition) is 1. The topological polar surface area (TPSA) is 72.9 Å². The predicted octanol–water partition coefficient (Wildman–Crippen LogP) is 1.35. The number of tetrazole rings is 1. The van der Waals surface area contributed by atoms with Crippen molar-refractivity contribution in [2.45, 2.75) is 64.1 Å². The number of nitrogens with zero attached hydrogens (tertiary/aromatic N) is 5. The van der Waals surface area contributed by atoms with Crippen LogP contribution in [0.4, 0.5) is 0 Å².